The summed E-state index contributed by atoms with van der Waals surface area (Å²) in [4.78, 5) is 20.7. The Hall–Kier alpha value is -1.47. The molecule has 0 spiro atoms. The molecule has 2 fully saturated rings. The number of carbonyl (C=O) groups excluding carboxylic acids is 1. The quantitative estimate of drug-likeness (QED) is 0.816. The second kappa shape index (κ2) is 6.53. The number of amides is 1. The van der Waals surface area contributed by atoms with E-state index >= 15 is 0 Å². The molecule has 2 aliphatic rings. The molecule has 3 heterocycles. The molecule has 0 radical (unpaired) electrons. The maximum absolute atomic E-state index is 12.2. The van der Waals surface area contributed by atoms with Gasteiger partial charge in [0.05, 0.1) is 19.3 Å². The number of morpholine rings is 1. The lowest BCUT2D eigenvalue weighted by atomic mass is 10.2. The van der Waals surface area contributed by atoms with Gasteiger partial charge in [0.25, 0.3) is 0 Å². The van der Waals surface area contributed by atoms with Gasteiger partial charge in [-0.2, -0.15) is 4.98 Å². The van der Waals surface area contributed by atoms with Gasteiger partial charge in [-0.05, 0) is 19.4 Å². The van der Waals surface area contributed by atoms with Crippen LogP contribution in [-0.2, 0) is 9.53 Å². The standard InChI is InChI=1S/C14H22N4O3/c1-11-15-14(16-21-11)12-3-2-5-17(12)6-4-13(19)18-7-9-20-10-8-18/h12H,2-10H2,1H3. The van der Waals surface area contributed by atoms with Crippen LogP contribution in [0.2, 0.25) is 0 Å². The Morgan fingerprint density at radius 3 is 2.86 bits per heavy atom. The zero-order valence-electron chi connectivity index (χ0n) is 12.5. The molecule has 0 saturated carbocycles. The predicted molar refractivity (Wildman–Crippen MR) is 74.6 cm³/mol. The maximum atomic E-state index is 12.2. The van der Waals surface area contributed by atoms with Gasteiger partial charge in [0.2, 0.25) is 11.8 Å². The van der Waals surface area contributed by atoms with Crippen molar-refractivity contribution in [2.45, 2.75) is 32.2 Å². The van der Waals surface area contributed by atoms with E-state index in [1.54, 1.807) is 6.92 Å². The molecule has 7 nitrogen and oxygen atoms in total. The predicted octanol–water partition coefficient (Wildman–Crippen LogP) is 0.764. The normalized spacial score (nSPS) is 23.7. The zero-order chi connectivity index (χ0) is 14.7. The highest BCUT2D eigenvalue weighted by atomic mass is 16.5. The minimum Gasteiger partial charge on any atom is -0.378 e. The molecular weight excluding hydrogens is 272 g/mol. The van der Waals surface area contributed by atoms with Crippen molar-refractivity contribution >= 4 is 5.91 Å². The number of carbonyl (C=O) groups is 1. The maximum Gasteiger partial charge on any atom is 0.224 e. The van der Waals surface area contributed by atoms with E-state index in [2.05, 4.69) is 15.0 Å². The summed E-state index contributed by atoms with van der Waals surface area (Å²) in [6.07, 6.45) is 2.70. The first-order valence-electron chi connectivity index (χ1n) is 7.64. The second-order valence-corrected chi connectivity index (χ2v) is 5.61. The monoisotopic (exact) mass is 294 g/mol. The van der Waals surface area contributed by atoms with Crippen LogP contribution in [0.5, 0.6) is 0 Å². The third kappa shape index (κ3) is 3.41. The smallest absolute Gasteiger partial charge is 0.224 e. The lowest BCUT2D eigenvalue weighted by molar-refractivity contribution is -0.135. The molecule has 1 atom stereocenters. The molecule has 1 aromatic heterocycles. The fourth-order valence-electron chi connectivity index (χ4n) is 3.05. The molecule has 7 heteroatoms. The molecule has 116 valence electrons. The third-order valence-electron chi connectivity index (χ3n) is 4.18. The highest BCUT2D eigenvalue weighted by molar-refractivity contribution is 5.76. The van der Waals surface area contributed by atoms with Gasteiger partial charge < -0.3 is 14.2 Å². The van der Waals surface area contributed by atoms with Crippen molar-refractivity contribution in [3.63, 3.8) is 0 Å². The van der Waals surface area contributed by atoms with E-state index < -0.39 is 0 Å². The molecule has 1 aromatic rings. The number of likely N-dealkylation sites (tertiary alicyclic amines) is 1. The Balaban J connectivity index is 1.53. The van der Waals surface area contributed by atoms with Gasteiger partial charge in [0.15, 0.2) is 5.82 Å². The molecule has 0 aromatic carbocycles. The van der Waals surface area contributed by atoms with Gasteiger partial charge in [0.1, 0.15) is 0 Å². The van der Waals surface area contributed by atoms with E-state index in [-0.39, 0.29) is 11.9 Å². The summed E-state index contributed by atoms with van der Waals surface area (Å²) in [5.41, 5.74) is 0. The molecule has 3 rings (SSSR count). The lowest BCUT2D eigenvalue weighted by Crippen LogP contribution is -2.42. The first kappa shape index (κ1) is 14.5. The van der Waals surface area contributed by atoms with Gasteiger partial charge in [0, 0.05) is 33.0 Å². The van der Waals surface area contributed by atoms with Crippen LogP contribution in [0.25, 0.3) is 0 Å². The van der Waals surface area contributed by atoms with Crippen molar-refractivity contribution in [1.29, 1.82) is 0 Å². The summed E-state index contributed by atoms with van der Waals surface area (Å²) < 4.78 is 10.3. The molecule has 1 unspecified atom stereocenters. The summed E-state index contributed by atoms with van der Waals surface area (Å²) in [5, 5.41) is 4.03. The topological polar surface area (TPSA) is 71.7 Å². The molecule has 21 heavy (non-hydrogen) atoms. The first-order chi connectivity index (χ1) is 10.2. The number of aryl methyl sites for hydroxylation is 1. The summed E-state index contributed by atoms with van der Waals surface area (Å²) >= 11 is 0. The van der Waals surface area contributed by atoms with Gasteiger partial charge in [-0.3, -0.25) is 9.69 Å². The summed E-state index contributed by atoms with van der Waals surface area (Å²) in [7, 11) is 0. The van der Waals surface area contributed by atoms with Crippen molar-refractivity contribution in [1.82, 2.24) is 19.9 Å². The molecule has 1 amide bonds. The Labute approximate surface area is 124 Å². The molecule has 0 bridgehead atoms. The van der Waals surface area contributed by atoms with Gasteiger partial charge in [-0.25, -0.2) is 0 Å². The number of nitrogens with zero attached hydrogens (tertiary/aromatic N) is 4. The average molecular weight is 294 g/mol. The Morgan fingerprint density at radius 2 is 2.14 bits per heavy atom. The molecule has 0 N–H and O–H groups in total. The summed E-state index contributed by atoms with van der Waals surface area (Å²) in [6, 6.07) is 0.194. The fraction of sp³-hybridized carbons (Fsp3) is 0.786. The van der Waals surface area contributed by atoms with Crippen molar-refractivity contribution in [2.75, 3.05) is 39.4 Å². The Morgan fingerprint density at radius 1 is 1.33 bits per heavy atom. The molecule has 2 aliphatic heterocycles. The van der Waals surface area contributed by atoms with Crippen molar-refractivity contribution in [3.8, 4) is 0 Å². The van der Waals surface area contributed by atoms with Gasteiger partial charge >= 0.3 is 0 Å². The summed E-state index contributed by atoms with van der Waals surface area (Å²) in [5.74, 6) is 1.57. The zero-order valence-corrected chi connectivity index (χ0v) is 12.5. The van der Waals surface area contributed by atoms with E-state index in [0.717, 1.165) is 31.8 Å². The third-order valence-corrected chi connectivity index (χ3v) is 4.18. The second-order valence-electron chi connectivity index (χ2n) is 5.61. The molecule has 0 aliphatic carbocycles. The lowest BCUT2D eigenvalue weighted by Gasteiger charge is -2.28. The molecule has 2 saturated heterocycles. The van der Waals surface area contributed by atoms with Gasteiger partial charge in [-0.1, -0.05) is 5.16 Å². The molecular formula is C14H22N4O3. The first-order valence-corrected chi connectivity index (χ1v) is 7.64. The number of hydrogen-bond donors (Lipinski definition) is 0. The van der Waals surface area contributed by atoms with Crippen LogP contribution < -0.4 is 0 Å². The van der Waals surface area contributed by atoms with E-state index in [4.69, 9.17) is 9.26 Å². The van der Waals surface area contributed by atoms with Crippen LogP contribution in [0, 0.1) is 6.92 Å². The largest absolute Gasteiger partial charge is 0.378 e. The van der Waals surface area contributed by atoms with Gasteiger partial charge in [-0.15, -0.1) is 0 Å². The Kier molecular flexibility index (Phi) is 4.50. The van der Waals surface area contributed by atoms with E-state index in [0.29, 0.717) is 38.6 Å². The fourth-order valence-corrected chi connectivity index (χ4v) is 3.05. The number of ether oxygens (including phenoxy) is 1. The van der Waals surface area contributed by atoms with Crippen molar-refractivity contribution in [3.05, 3.63) is 11.7 Å². The Bertz CT molecular complexity index is 484. The van der Waals surface area contributed by atoms with Crippen LogP contribution in [0.15, 0.2) is 4.52 Å². The number of hydrogen-bond acceptors (Lipinski definition) is 6. The SMILES string of the molecule is Cc1nc(C2CCCN2CCC(=O)N2CCOCC2)no1. The van der Waals surface area contributed by atoms with E-state index in [1.165, 1.54) is 0 Å². The minimum atomic E-state index is 0.194. The van der Waals surface area contributed by atoms with Crippen LogP contribution in [0.1, 0.15) is 37.0 Å². The van der Waals surface area contributed by atoms with Crippen LogP contribution in [0.3, 0.4) is 0 Å². The number of rotatable bonds is 4. The van der Waals surface area contributed by atoms with E-state index in [9.17, 15) is 4.79 Å². The van der Waals surface area contributed by atoms with Crippen LogP contribution in [0.4, 0.5) is 0 Å². The highest BCUT2D eigenvalue weighted by Gasteiger charge is 2.30. The van der Waals surface area contributed by atoms with Crippen molar-refractivity contribution < 1.29 is 14.1 Å². The van der Waals surface area contributed by atoms with E-state index in [1.807, 2.05) is 4.90 Å². The van der Waals surface area contributed by atoms with Crippen LogP contribution in [-0.4, -0.2) is 65.2 Å². The summed E-state index contributed by atoms with van der Waals surface area (Å²) in [6.45, 7) is 6.29. The van der Waals surface area contributed by atoms with Crippen LogP contribution >= 0.6 is 0 Å². The highest BCUT2D eigenvalue weighted by Crippen LogP contribution is 2.30. The average Bonchev–Trinajstić information content (AvgIpc) is 3.14. The minimum absolute atomic E-state index is 0.194. The number of aromatic nitrogens is 2. The van der Waals surface area contributed by atoms with Crippen molar-refractivity contribution in [2.24, 2.45) is 0 Å².